The molecule has 0 bridgehead atoms. The van der Waals surface area contributed by atoms with Gasteiger partial charge in [-0.1, -0.05) is 12.2 Å². The summed E-state index contributed by atoms with van der Waals surface area (Å²) in [4.78, 5) is 0. The Balaban J connectivity index is 0. The zero-order chi connectivity index (χ0) is 10.1. The quantitative estimate of drug-likeness (QED) is 0.624. The molecule has 82 valence electrons. The van der Waals surface area contributed by atoms with E-state index in [1.165, 1.54) is 0 Å². The van der Waals surface area contributed by atoms with Crippen LogP contribution >= 0.6 is 0 Å². The molecule has 0 radical (unpaired) electrons. The van der Waals surface area contributed by atoms with Crippen LogP contribution in [0.3, 0.4) is 0 Å². The summed E-state index contributed by atoms with van der Waals surface area (Å²) >= 11 is 0. The summed E-state index contributed by atoms with van der Waals surface area (Å²) in [6.45, 7) is 11.9. The third kappa shape index (κ3) is 9.23. The Kier molecular flexibility index (Phi) is 11.4. The van der Waals surface area contributed by atoms with Crippen LogP contribution in [0.15, 0.2) is 37.6 Å². The molecule has 3 N–H and O–H groups in total. The van der Waals surface area contributed by atoms with Crippen molar-refractivity contribution in [2.75, 3.05) is 0 Å². The summed E-state index contributed by atoms with van der Waals surface area (Å²) in [5.41, 5.74) is 0. The number of rotatable bonds is 7. The van der Waals surface area contributed by atoms with E-state index in [1.54, 1.807) is 0 Å². The minimum absolute atomic E-state index is 0. The van der Waals surface area contributed by atoms with Gasteiger partial charge in [0.25, 0.3) is 0 Å². The van der Waals surface area contributed by atoms with E-state index in [0.29, 0.717) is 12.0 Å². The number of allylic oxidation sites excluding steroid dienone is 3. The fourth-order valence-corrected chi connectivity index (χ4v) is 1.13. The van der Waals surface area contributed by atoms with Gasteiger partial charge < -0.3 is 10.8 Å². The molecule has 0 aromatic rings. The Morgan fingerprint density at radius 1 is 1.14 bits per heavy atom. The molecule has 0 aromatic heterocycles. The highest BCUT2D eigenvalue weighted by molar-refractivity contribution is 4.90. The third-order valence-electron chi connectivity index (χ3n) is 1.82. The van der Waals surface area contributed by atoms with Crippen molar-refractivity contribution in [3.05, 3.63) is 37.6 Å². The van der Waals surface area contributed by atoms with Crippen molar-refractivity contribution < 1.29 is 10.8 Å². The monoisotopic (exact) mass is 197 g/mol. The molecule has 0 saturated carbocycles. The molecular weight excluding hydrogens is 174 g/mol. The van der Waals surface area contributed by atoms with Gasteiger partial charge in [0.15, 0.2) is 0 Å². The predicted octanol–water partition coefficient (Wildman–Crippen LogP) is 2.06. The van der Waals surface area contributed by atoms with Crippen LogP contribution in [0.25, 0.3) is 0 Å². The van der Waals surface area contributed by atoms with Gasteiger partial charge >= 0.3 is 0 Å². The number of hydrogen-bond acceptors (Lipinski definition) is 1. The molecule has 2 nitrogen and oxygen atoms in total. The maximum absolute atomic E-state index is 3.75. The second-order valence-electron chi connectivity index (χ2n) is 3.63. The lowest BCUT2D eigenvalue weighted by Gasteiger charge is -2.05. The van der Waals surface area contributed by atoms with Gasteiger partial charge in [-0.25, -0.2) is 0 Å². The lowest BCUT2D eigenvalue weighted by atomic mass is 10.0. The molecule has 0 aliphatic carbocycles. The SMILES string of the molecule is C=CCC(C=C[NH2+]C(C)C)CC=C.[OH-]. The van der Waals surface area contributed by atoms with Gasteiger partial charge in [0.1, 0.15) is 0 Å². The van der Waals surface area contributed by atoms with Gasteiger partial charge in [-0.05, 0) is 38.7 Å². The lowest BCUT2D eigenvalue weighted by Crippen LogP contribution is -2.82. The molecule has 2 heteroatoms. The molecule has 0 atom stereocenters. The highest BCUT2D eigenvalue weighted by Gasteiger charge is 2.00. The standard InChI is InChI=1S/C12H21N.H2O/c1-5-7-12(8-6-2)9-10-13-11(3)4;/h5-6,9-13H,1-2,7-8H2,3-4H3;1H2. The molecule has 0 fully saturated rings. The van der Waals surface area contributed by atoms with E-state index in [9.17, 15) is 0 Å². The molecule has 0 amide bonds. The first-order valence-corrected chi connectivity index (χ1v) is 4.94. The first kappa shape index (κ1) is 15.6. The van der Waals surface area contributed by atoms with E-state index in [2.05, 4.69) is 44.6 Å². The molecule has 14 heavy (non-hydrogen) atoms. The summed E-state index contributed by atoms with van der Waals surface area (Å²) in [7, 11) is 0. The van der Waals surface area contributed by atoms with Crippen LogP contribution in [0.5, 0.6) is 0 Å². The van der Waals surface area contributed by atoms with E-state index < -0.39 is 0 Å². The molecule has 0 rings (SSSR count). The van der Waals surface area contributed by atoms with Gasteiger partial charge in [0, 0.05) is 0 Å². The maximum atomic E-state index is 3.75. The number of hydrogen-bond donors (Lipinski definition) is 1. The van der Waals surface area contributed by atoms with Gasteiger partial charge in [-0.2, -0.15) is 0 Å². The minimum atomic E-state index is 0. The molecule has 0 spiro atoms. The largest absolute Gasteiger partial charge is 0.870 e. The highest BCUT2D eigenvalue weighted by atomic mass is 16.0. The Morgan fingerprint density at radius 3 is 2.00 bits per heavy atom. The van der Waals surface area contributed by atoms with Crippen LogP contribution in [-0.4, -0.2) is 11.5 Å². The normalized spacial score (nSPS) is 10.6. The zero-order valence-corrected chi connectivity index (χ0v) is 9.32. The van der Waals surface area contributed by atoms with Crippen LogP contribution in [0.2, 0.25) is 0 Å². The second-order valence-corrected chi connectivity index (χ2v) is 3.63. The molecule has 0 aliphatic rings. The lowest BCUT2D eigenvalue weighted by molar-refractivity contribution is -0.619. The molecular formula is C12H23NO. The Bertz CT molecular complexity index is 163. The van der Waals surface area contributed by atoms with Crippen molar-refractivity contribution >= 4 is 0 Å². The van der Waals surface area contributed by atoms with Crippen molar-refractivity contribution in [3.63, 3.8) is 0 Å². The predicted molar refractivity (Wildman–Crippen MR) is 61.3 cm³/mol. The Hall–Kier alpha value is -0.860. The molecule has 0 saturated heterocycles. The van der Waals surface area contributed by atoms with E-state index in [0.717, 1.165) is 12.8 Å². The molecule has 0 heterocycles. The summed E-state index contributed by atoms with van der Waals surface area (Å²) in [5, 5.41) is 2.21. The fourth-order valence-electron chi connectivity index (χ4n) is 1.13. The van der Waals surface area contributed by atoms with Gasteiger partial charge in [0.05, 0.1) is 12.2 Å². The van der Waals surface area contributed by atoms with Gasteiger partial charge in [0.2, 0.25) is 0 Å². The smallest absolute Gasteiger partial charge is 0.0890 e. The highest BCUT2D eigenvalue weighted by Crippen LogP contribution is 2.10. The van der Waals surface area contributed by atoms with Crippen LogP contribution in [0, 0.1) is 5.92 Å². The maximum Gasteiger partial charge on any atom is 0.0890 e. The van der Waals surface area contributed by atoms with E-state index in [-0.39, 0.29) is 5.48 Å². The van der Waals surface area contributed by atoms with Crippen LogP contribution in [0.4, 0.5) is 0 Å². The van der Waals surface area contributed by atoms with Crippen LogP contribution in [-0.2, 0) is 0 Å². The summed E-state index contributed by atoms with van der Waals surface area (Å²) in [5.74, 6) is 0.574. The van der Waals surface area contributed by atoms with Gasteiger partial charge in [-0.15, -0.1) is 13.2 Å². The number of quaternary nitrogens is 1. The first-order chi connectivity index (χ1) is 6.20. The average molecular weight is 197 g/mol. The van der Waals surface area contributed by atoms with Crippen molar-refractivity contribution in [1.29, 1.82) is 0 Å². The van der Waals surface area contributed by atoms with E-state index in [4.69, 9.17) is 0 Å². The minimum Gasteiger partial charge on any atom is -0.870 e. The fraction of sp³-hybridized carbons (Fsp3) is 0.500. The van der Waals surface area contributed by atoms with Crippen molar-refractivity contribution in [3.8, 4) is 0 Å². The van der Waals surface area contributed by atoms with Crippen molar-refractivity contribution in [2.24, 2.45) is 5.92 Å². The first-order valence-electron chi connectivity index (χ1n) is 4.94. The van der Waals surface area contributed by atoms with Crippen LogP contribution < -0.4 is 5.32 Å². The molecule has 0 aromatic carbocycles. The zero-order valence-electron chi connectivity index (χ0n) is 9.32. The van der Waals surface area contributed by atoms with Crippen LogP contribution in [0.1, 0.15) is 26.7 Å². The van der Waals surface area contributed by atoms with E-state index >= 15 is 0 Å². The topological polar surface area (TPSA) is 46.6 Å². The van der Waals surface area contributed by atoms with Crippen molar-refractivity contribution in [2.45, 2.75) is 32.7 Å². The Morgan fingerprint density at radius 2 is 1.64 bits per heavy atom. The third-order valence-corrected chi connectivity index (χ3v) is 1.82. The Labute approximate surface area is 87.7 Å². The molecule has 0 unspecified atom stereocenters. The summed E-state index contributed by atoms with van der Waals surface area (Å²) < 4.78 is 0. The van der Waals surface area contributed by atoms with Gasteiger partial charge in [-0.3, -0.25) is 0 Å². The van der Waals surface area contributed by atoms with Crippen molar-refractivity contribution in [1.82, 2.24) is 0 Å². The average Bonchev–Trinajstić information content (AvgIpc) is 2.04. The summed E-state index contributed by atoms with van der Waals surface area (Å²) in [6.07, 6.45) is 10.4. The van der Waals surface area contributed by atoms with E-state index in [1.807, 2.05) is 12.2 Å². The molecule has 0 aliphatic heterocycles. The second kappa shape index (κ2) is 10.2. The number of nitrogens with two attached hydrogens (primary N) is 1. The summed E-state index contributed by atoms with van der Waals surface area (Å²) in [6, 6.07) is 0.629.